The van der Waals surface area contributed by atoms with Gasteiger partial charge in [0.2, 0.25) is 5.89 Å². The molecular formula is C18H17NO3S. The minimum atomic E-state index is -3.17. The van der Waals surface area contributed by atoms with Crippen LogP contribution in [0.25, 0.3) is 22.6 Å². The van der Waals surface area contributed by atoms with Gasteiger partial charge < -0.3 is 4.42 Å². The van der Waals surface area contributed by atoms with Crippen LogP contribution in [0.3, 0.4) is 0 Å². The molecule has 1 heterocycles. The molecule has 0 N–H and O–H groups in total. The van der Waals surface area contributed by atoms with Crippen molar-refractivity contribution in [3.8, 4) is 22.6 Å². The van der Waals surface area contributed by atoms with Crippen LogP contribution in [-0.4, -0.2) is 19.2 Å². The van der Waals surface area contributed by atoms with E-state index in [-0.39, 0.29) is 5.75 Å². The monoisotopic (exact) mass is 327 g/mol. The highest BCUT2D eigenvalue weighted by Gasteiger charge is 2.12. The Bertz CT molecular complexity index is 865. The van der Waals surface area contributed by atoms with E-state index in [4.69, 9.17) is 4.42 Å². The number of hydrogen-bond donors (Lipinski definition) is 0. The summed E-state index contributed by atoms with van der Waals surface area (Å²) < 4.78 is 29.3. The standard InChI is InChI=1S/C18H17NO3S/c1-2-13-23(20,21)17-9-7-15(8-10-17)14-3-5-16(6-4-14)18-19-11-12-22-18/h3-12H,2,13H2,1H3. The first-order chi connectivity index (χ1) is 11.1. The summed E-state index contributed by atoms with van der Waals surface area (Å²) in [6, 6.07) is 14.8. The topological polar surface area (TPSA) is 60.2 Å². The fourth-order valence-corrected chi connectivity index (χ4v) is 3.74. The number of nitrogens with zero attached hydrogens (tertiary/aromatic N) is 1. The number of benzene rings is 2. The van der Waals surface area contributed by atoms with Crippen molar-refractivity contribution in [3.63, 3.8) is 0 Å². The summed E-state index contributed by atoms with van der Waals surface area (Å²) in [5.41, 5.74) is 2.89. The molecule has 4 nitrogen and oxygen atoms in total. The Hall–Kier alpha value is -2.40. The molecule has 0 spiro atoms. The molecule has 3 rings (SSSR count). The molecule has 0 bridgehead atoms. The maximum Gasteiger partial charge on any atom is 0.225 e. The molecule has 0 aliphatic rings. The van der Waals surface area contributed by atoms with Gasteiger partial charge in [-0.2, -0.15) is 0 Å². The highest BCUT2D eigenvalue weighted by Crippen LogP contribution is 2.25. The van der Waals surface area contributed by atoms with Crippen LogP contribution in [0.2, 0.25) is 0 Å². The van der Waals surface area contributed by atoms with Crippen molar-refractivity contribution in [2.75, 3.05) is 5.75 Å². The van der Waals surface area contributed by atoms with E-state index in [0.717, 1.165) is 16.7 Å². The van der Waals surface area contributed by atoms with Crippen LogP contribution in [0, 0.1) is 0 Å². The van der Waals surface area contributed by atoms with Gasteiger partial charge in [0.05, 0.1) is 16.8 Å². The Morgan fingerprint density at radius 1 is 0.913 bits per heavy atom. The molecule has 0 radical (unpaired) electrons. The van der Waals surface area contributed by atoms with Gasteiger partial charge in [0.15, 0.2) is 9.84 Å². The zero-order valence-corrected chi connectivity index (χ0v) is 13.6. The lowest BCUT2D eigenvalue weighted by atomic mass is 10.0. The summed E-state index contributed by atoms with van der Waals surface area (Å²) in [5, 5.41) is 0. The zero-order chi connectivity index (χ0) is 16.3. The minimum absolute atomic E-state index is 0.178. The first-order valence-corrected chi connectivity index (χ1v) is 9.08. The Kier molecular flexibility index (Phi) is 4.30. The highest BCUT2D eigenvalue weighted by atomic mass is 32.2. The van der Waals surface area contributed by atoms with Gasteiger partial charge >= 0.3 is 0 Å². The van der Waals surface area contributed by atoms with E-state index in [1.54, 1.807) is 24.6 Å². The summed E-state index contributed by atoms with van der Waals surface area (Å²) in [6.45, 7) is 1.86. The van der Waals surface area contributed by atoms with E-state index < -0.39 is 9.84 Å². The normalized spacial score (nSPS) is 11.5. The van der Waals surface area contributed by atoms with Gasteiger partial charge in [-0.15, -0.1) is 0 Å². The summed E-state index contributed by atoms with van der Waals surface area (Å²) in [7, 11) is -3.17. The van der Waals surface area contributed by atoms with Crippen molar-refractivity contribution in [2.45, 2.75) is 18.2 Å². The summed E-state index contributed by atoms with van der Waals surface area (Å²) in [4.78, 5) is 4.49. The second-order valence-corrected chi connectivity index (χ2v) is 7.37. The molecule has 2 aromatic carbocycles. The average Bonchev–Trinajstić information content (AvgIpc) is 3.10. The van der Waals surface area contributed by atoms with Crippen LogP contribution >= 0.6 is 0 Å². The fourth-order valence-electron chi connectivity index (χ4n) is 2.41. The van der Waals surface area contributed by atoms with Crippen LogP contribution in [0.15, 0.2) is 70.3 Å². The number of rotatable bonds is 5. The Morgan fingerprint density at radius 2 is 1.48 bits per heavy atom. The van der Waals surface area contributed by atoms with E-state index in [9.17, 15) is 8.42 Å². The molecule has 0 aliphatic heterocycles. The second-order valence-electron chi connectivity index (χ2n) is 5.26. The third kappa shape index (κ3) is 3.35. The number of aromatic nitrogens is 1. The van der Waals surface area contributed by atoms with E-state index in [1.807, 2.05) is 43.3 Å². The van der Waals surface area contributed by atoms with Gasteiger partial charge in [0.25, 0.3) is 0 Å². The van der Waals surface area contributed by atoms with Gasteiger partial charge in [-0.1, -0.05) is 31.2 Å². The lowest BCUT2D eigenvalue weighted by Gasteiger charge is -2.06. The van der Waals surface area contributed by atoms with E-state index in [2.05, 4.69) is 4.98 Å². The molecule has 0 atom stereocenters. The molecule has 118 valence electrons. The van der Waals surface area contributed by atoms with Crippen molar-refractivity contribution in [3.05, 3.63) is 61.0 Å². The smallest absolute Gasteiger partial charge is 0.225 e. The van der Waals surface area contributed by atoms with Crippen molar-refractivity contribution in [2.24, 2.45) is 0 Å². The predicted molar refractivity (Wildman–Crippen MR) is 89.7 cm³/mol. The summed E-state index contributed by atoms with van der Waals surface area (Å²) in [6.07, 6.45) is 3.77. The van der Waals surface area contributed by atoms with E-state index in [0.29, 0.717) is 17.2 Å². The first-order valence-electron chi connectivity index (χ1n) is 7.43. The third-order valence-corrected chi connectivity index (χ3v) is 5.52. The van der Waals surface area contributed by atoms with Crippen molar-refractivity contribution < 1.29 is 12.8 Å². The SMILES string of the molecule is CCCS(=O)(=O)c1ccc(-c2ccc(-c3ncco3)cc2)cc1. The van der Waals surface area contributed by atoms with Crippen molar-refractivity contribution >= 4 is 9.84 Å². The van der Waals surface area contributed by atoms with Crippen LogP contribution < -0.4 is 0 Å². The van der Waals surface area contributed by atoms with Crippen LogP contribution in [0.4, 0.5) is 0 Å². The number of sulfone groups is 1. The van der Waals surface area contributed by atoms with Gasteiger partial charge in [-0.25, -0.2) is 13.4 Å². The predicted octanol–water partition coefficient (Wildman–Crippen LogP) is 4.19. The number of hydrogen-bond acceptors (Lipinski definition) is 4. The molecule has 0 amide bonds. The Morgan fingerprint density at radius 3 is 2.00 bits per heavy atom. The zero-order valence-electron chi connectivity index (χ0n) is 12.8. The van der Waals surface area contributed by atoms with Gasteiger partial charge in [0.1, 0.15) is 6.26 Å². The molecular weight excluding hydrogens is 310 g/mol. The molecule has 0 saturated heterocycles. The van der Waals surface area contributed by atoms with Gasteiger partial charge in [-0.05, 0) is 41.8 Å². The van der Waals surface area contributed by atoms with E-state index >= 15 is 0 Å². The summed E-state index contributed by atoms with van der Waals surface area (Å²) in [5.74, 6) is 0.759. The molecule has 23 heavy (non-hydrogen) atoms. The second kappa shape index (κ2) is 6.38. The molecule has 0 unspecified atom stereocenters. The maximum atomic E-state index is 12.0. The molecule has 0 saturated carbocycles. The summed E-state index contributed by atoms with van der Waals surface area (Å²) >= 11 is 0. The minimum Gasteiger partial charge on any atom is -0.445 e. The lowest BCUT2D eigenvalue weighted by Crippen LogP contribution is -2.05. The maximum absolute atomic E-state index is 12.0. The van der Waals surface area contributed by atoms with Crippen LogP contribution in [-0.2, 0) is 9.84 Å². The number of oxazole rings is 1. The van der Waals surface area contributed by atoms with Gasteiger partial charge in [0, 0.05) is 5.56 Å². The first kappa shape index (κ1) is 15.5. The van der Waals surface area contributed by atoms with Gasteiger partial charge in [-0.3, -0.25) is 0 Å². The molecule has 5 heteroatoms. The van der Waals surface area contributed by atoms with Crippen molar-refractivity contribution in [1.29, 1.82) is 0 Å². The van der Waals surface area contributed by atoms with Crippen LogP contribution in [0.1, 0.15) is 13.3 Å². The third-order valence-electron chi connectivity index (χ3n) is 3.58. The van der Waals surface area contributed by atoms with Crippen molar-refractivity contribution in [1.82, 2.24) is 4.98 Å². The Labute approximate surface area is 135 Å². The molecule has 0 fully saturated rings. The Balaban J connectivity index is 1.85. The average molecular weight is 327 g/mol. The highest BCUT2D eigenvalue weighted by molar-refractivity contribution is 7.91. The quantitative estimate of drug-likeness (QED) is 0.705. The molecule has 3 aromatic rings. The fraction of sp³-hybridized carbons (Fsp3) is 0.167. The lowest BCUT2D eigenvalue weighted by molar-refractivity contribution is 0.574. The molecule has 0 aliphatic carbocycles. The van der Waals surface area contributed by atoms with E-state index in [1.165, 1.54) is 0 Å². The largest absolute Gasteiger partial charge is 0.445 e. The van der Waals surface area contributed by atoms with Crippen LogP contribution in [0.5, 0.6) is 0 Å². The molecule has 1 aromatic heterocycles.